The zero-order valence-electron chi connectivity index (χ0n) is 11.4. The zero-order valence-corrected chi connectivity index (χ0v) is 11.4. The van der Waals surface area contributed by atoms with Crippen molar-refractivity contribution in [3.8, 4) is 0 Å². The van der Waals surface area contributed by atoms with Crippen LogP contribution < -0.4 is 11.1 Å². The van der Waals surface area contributed by atoms with Gasteiger partial charge in [0.2, 0.25) is 5.91 Å². The van der Waals surface area contributed by atoms with Crippen LogP contribution in [0.3, 0.4) is 0 Å². The number of fused-ring (bicyclic) bond motifs is 1. The van der Waals surface area contributed by atoms with E-state index in [9.17, 15) is 4.79 Å². The number of aromatic amines is 1. The normalized spacial score (nSPS) is 17.4. The van der Waals surface area contributed by atoms with Gasteiger partial charge in [-0.3, -0.25) is 4.79 Å². The molecule has 1 aromatic heterocycles. The molecule has 0 spiro atoms. The Morgan fingerprint density at radius 1 is 1.30 bits per heavy atom. The summed E-state index contributed by atoms with van der Waals surface area (Å²) in [5, 5.41) is 4.39. The Morgan fingerprint density at radius 2 is 2.05 bits per heavy atom. The fourth-order valence-electron chi connectivity index (χ4n) is 2.74. The molecule has 1 atom stereocenters. The van der Waals surface area contributed by atoms with Crippen LogP contribution in [0.25, 0.3) is 10.9 Å². The third-order valence-electron chi connectivity index (χ3n) is 3.86. The van der Waals surface area contributed by atoms with E-state index in [0.29, 0.717) is 6.42 Å². The number of hydrogen-bond acceptors (Lipinski definition) is 3. The molecule has 0 saturated carbocycles. The maximum Gasteiger partial charge on any atom is 0.239 e. The van der Waals surface area contributed by atoms with Gasteiger partial charge in [0.25, 0.3) is 0 Å². The predicted molar refractivity (Wildman–Crippen MR) is 79.4 cm³/mol. The number of benzene rings is 1. The first-order valence-corrected chi connectivity index (χ1v) is 7.06. The summed E-state index contributed by atoms with van der Waals surface area (Å²) in [4.78, 5) is 17.4. The number of carbonyl (C=O) groups is 1. The van der Waals surface area contributed by atoms with Gasteiger partial charge < -0.3 is 20.9 Å². The average molecular weight is 272 g/mol. The Morgan fingerprint density at radius 3 is 2.85 bits per heavy atom. The van der Waals surface area contributed by atoms with Crippen LogP contribution in [-0.2, 0) is 11.2 Å². The van der Waals surface area contributed by atoms with E-state index in [0.717, 1.165) is 42.6 Å². The summed E-state index contributed by atoms with van der Waals surface area (Å²) in [5.74, 6) is 0.0526. The molecule has 1 aliphatic heterocycles. The third-order valence-corrected chi connectivity index (χ3v) is 3.86. The monoisotopic (exact) mass is 272 g/mol. The number of aromatic nitrogens is 1. The minimum Gasteiger partial charge on any atom is -0.361 e. The number of hydrogen-bond donors (Lipinski definition) is 3. The van der Waals surface area contributed by atoms with Gasteiger partial charge in [-0.1, -0.05) is 18.2 Å². The number of piperazine rings is 1. The molecule has 1 fully saturated rings. The first-order valence-electron chi connectivity index (χ1n) is 7.06. The number of nitrogens with zero attached hydrogens (tertiary/aromatic N) is 1. The van der Waals surface area contributed by atoms with Crippen LogP contribution >= 0.6 is 0 Å². The lowest BCUT2D eigenvalue weighted by Crippen LogP contribution is -2.52. The molecule has 0 bridgehead atoms. The first kappa shape index (κ1) is 13.1. The molecule has 1 aromatic carbocycles. The van der Waals surface area contributed by atoms with E-state index in [2.05, 4.69) is 16.4 Å². The fourth-order valence-corrected chi connectivity index (χ4v) is 2.74. The van der Waals surface area contributed by atoms with Crippen LogP contribution in [0.2, 0.25) is 0 Å². The highest BCUT2D eigenvalue weighted by atomic mass is 16.2. The molecular formula is C15H20N4O. The van der Waals surface area contributed by atoms with Crippen molar-refractivity contribution in [2.24, 2.45) is 5.73 Å². The molecule has 106 valence electrons. The Bertz CT molecular complexity index is 601. The van der Waals surface area contributed by atoms with Crippen LogP contribution in [0.1, 0.15) is 5.56 Å². The van der Waals surface area contributed by atoms with Gasteiger partial charge in [-0.05, 0) is 18.1 Å². The van der Waals surface area contributed by atoms with Crippen LogP contribution in [0.15, 0.2) is 30.5 Å². The Balaban J connectivity index is 1.71. The van der Waals surface area contributed by atoms with Gasteiger partial charge in [0.05, 0.1) is 6.04 Å². The molecule has 4 N–H and O–H groups in total. The minimum absolute atomic E-state index is 0.0526. The quantitative estimate of drug-likeness (QED) is 0.760. The van der Waals surface area contributed by atoms with Crippen LogP contribution in [0.5, 0.6) is 0 Å². The Hall–Kier alpha value is -1.85. The molecule has 0 radical (unpaired) electrons. The second-order valence-corrected chi connectivity index (χ2v) is 5.25. The number of carbonyl (C=O) groups excluding carboxylic acids is 1. The van der Waals surface area contributed by atoms with Crippen molar-refractivity contribution < 1.29 is 4.79 Å². The summed E-state index contributed by atoms with van der Waals surface area (Å²) < 4.78 is 0. The molecule has 1 aliphatic rings. The van der Waals surface area contributed by atoms with Crippen LogP contribution in [0.4, 0.5) is 0 Å². The third kappa shape index (κ3) is 2.55. The maximum absolute atomic E-state index is 12.3. The summed E-state index contributed by atoms with van der Waals surface area (Å²) in [7, 11) is 0. The predicted octanol–water partition coefficient (Wildman–Crippen LogP) is 0.470. The fraction of sp³-hybridized carbons (Fsp3) is 0.400. The van der Waals surface area contributed by atoms with Crippen LogP contribution in [0, 0.1) is 0 Å². The molecular weight excluding hydrogens is 252 g/mol. The van der Waals surface area contributed by atoms with Crippen molar-refractivity contribution >= 4 is 16.8 Å². The summed E-state index contributed by atoms with van der Waals surface area (Å²) in [6.07, 6.45) is 2.53. The number of amides is 1. The number of rotatable bonds is 3. The Kier molecular flexibility index (Phi) is 3.71. The SMILES string of the molecule is N[C@H](Cc1c[nH]c2ccccc12)C(=O)N1CCNCC1. The van der Waals surface area contributed by atoms with Crippen molar-refractivity contribution in [2.45, 2.75) is 12.5 Å². The Labute approximate surface area is 118 Å². The maximum atomic E-state index is 12.3. The largest absolute Gasteiger partial charge is 0.361 e. The van der Waals surface area contributed by atoms with Gasteiger partial charge in [-0.2, -0.15) is 0 Å². The van der Waals surface area contributed by atoms with Gasteiger partial charge in [-0.25, -0.2) is 0 Å². The highest BCUT2D eigenvalue weighted by Crippen LogP contribution is 2.19. The summed E-state index contributed by atoms with van der Waals surface area (Å²) in [6.45, 7) is 3.21. The van der Waals surface area contributed by atoms with E-state index in [1.165, 1.54) is 0 Å². The second-order valence-electron chi connectivity index (χ2n) is 5.25. The van der Waals surface area contributed by atoms with Crippen molar-refractivity contribution in [1.82, 2.24) is 15.2 Å². The lowest BCUT2D eigenvalue weighted by molar-refractivity contribution is -0.133. The van der Waals surface area contributed by atoms with Gasteiger partial charge in [0.15, 0.2) is 0 Å². The minimum atomic E-state index is -0.465. The van der Waals surface area contributed by atoms with E-state index in [1.54, 1.807) is 0 Å². The van der Waals surface area contributed by atoms with Gasteiger partial charge in [-0.15, -0.1) is 0 Å². The summed E-state index contributed by atoms with van der Waals surface area (Å²) in [5.41, 5.74) is 8.30. The highest BCUT2D eigenvalue weighted by molar-refractivity contribution is 5.86. The lowest BCUT2D eigenvalue weighted by Gasteiger charge is -2.29. The smallest absolute Gasteiger partial charge is 0.239 e. The lowest BCUT2D eigenvalue weighted by atomic mass is 10.0. The highest BCUT2D eigenvalue weighted by Gasteiger charge is 2.23. The van der Waals surface area contributed by atoms with Gasteiger partial charge in [0, 0.05) is 43.3 Å². The van der Waals surface area contributed by atoms with Crippen molar-refractivity contribution in [1.29, 1.82) is 0 Å². The van der Waals surface area contributed by atoms with E-state index >= 15 is 0 Å². The molecule has 0 aliphatic carbocycles. The molecule has 5 nitrogen and oxygen atoms in total. The molecule has 5 heteroatoms. The number of H-pyrrole nitrogens is 1. The molecule has 2 heterocycles. The van der Waals surface area contributed by atoms with Gasteiger partial charge >= 0.3 is 0 Å². The van der Waals surface area contributed by atoms with E-state index < -0.39 is 6.04 Å². The van der Waals surface area contributed by atoms with Crippen LogP contribution in [-0.4, -0.2) is 48.0 Å². The van der Waals surface area contributed by atoms with E-state index in [-0.39, 0.29) is 5.91 Å². The topological polar surface area (TPSA) is 74.2 Å². The molecule has 3 rings (SSSR count). The number of nitrogens with two attached hydrogens (primary N) is 1. The average Bonchev–Trinajstić information content (AvgIpc) is 2.91. The van der Waals surface area contributed by atoms with Crippen molar-refractivity contribution in [3.05, 3.63) is 36.0 Å². The van der Waals surface area contributed by atoms with Crippen molar-refractivity contribution in [2.75, 3.05) is 26.2 Å². The standard InChI is InChI=1S/C15H20N4O/c16-13(15(20)19-7-5-17-6-8-19)9-11-10-18-14-4-2-1-3-12(11)14/h1-4,10,13,17-18H,5-9,16H2/t13-/m1/s1. The summed E-state index contributed by atoms with van der Waals surface area (Å²) >= 11 is 0. The van der Waals surface area contributed by atoms with Crippen molar-refractivity contribution in [3.63, 3.8) is 0 Å². The zero-order chi connectivity index (χ0) is 13.9. The molecule has 0 unspecified atom stereocenters. The molecule has 20 heavy (non-hydrogen) atoms. The summed E-state index contributed by atoms with van der Waals surface area (Å²) in [6, 6.07) is 7.62. The second kappa shape index (κ2) is 5.64. The number of nitrogens with one attached hydrogen (secondary N) is 2. The first-order chi connectivity index (χ1) is 9.75. The molecule has 1 saturated heterocycles. The number of para-hydroxylation sites is 1. The molecule has 2 aromatic rings. The van der Waals surface area contributed by atoms with E-state index in [4.69, 9.17) is 5.73 Å². The van der Waals surface area contributed by atoms with E-state index in [1.807, 2.05) is 29.3 Å². The molecule has 1 amide bonds. The van der Waals surface area contributed by atoms with Gasteiger partial charge in [0.1, 0.15) is 0 Å².